The van der Waals surface area contributed by atoms with Crippen LogP contribution in [0.4, 0.5) is 5.69 Å². The van der Waals surface area contributed by atoms with Crippen LogP contribution >= 0.6 is 0 Å². The fraction of sp³-hybridized carbons (Fsp3) is 0.0769. The average Bonchev–Trinajstić information content (AvgIpc) is 2.79. The van der Waals surface area contributed by atoms with Gasteiger partial charge in [0, 0.05) is 13.0 Å². The average molecular weight is 245 g/mol. The summed E-state index contributed by atoms with van der Waals surface area (Å²) >= 11 is 0. The number of rotatable bonds is 4. The number of carbonyl (C=O) groups excluding carboxylic acids is 2. The Bertz CT molecular complexity index is 574. The van der Waals surface area contributed by atoms with Crippen LogP contribution < -0.4 is 10.1 Å². The van der Waals surface area contributed by atoms with E-state index < -0.39 is 0 Å². The van der Waals surface area contributed by atoms with E-state index >= 15 is 0 Å². The molecule has 0 saturated carbocycles. The maximum atomic E-state index is 11.0. The Kier molecular flexibility index (Phi) is 3.43. The van der Waals surface area contributed by atoms with Crippen molar-refractivity contribution in [2.45, 2.75) is 6.92 Å². The summed E-state index contributed by atoms with van der Waals surface area (Å²) in [5.41, 5.74) is 0.536. The molecule has 0 atom stereocenters. The first-order valence-electron chi connectivity index (χ1n) is 5.28. The van der Waals surface area contributed by atoms with Crippen molar-refractivity contribution < 1.29 is 18.7 Å². The molecule has 5 nitrogen and oxygen atoms in total. The molecule has 0 spiro atoms. The molecule has 2 aromatic rings. The molecule has 92 valence electrons. The Labute approximate surface area is 103 Å². The van der Waals surface area contributed by atoms with E-state index in [-0.39, 0.29) is 17.6 Å². The Morgan fingerprint density at radius 1 is 1.28 bits per heavy atom. The van der Waals surface area contributed by atoms with Crippen molar-refractivity contribution in [1.29, 1.82) is 0 Å². The van der Waals surface area contributed by atoms with Gasteiger partial charge in [0.1, 0.15) is 0 Å². The predicted octanol–water partition coefficient (Wildman–Crippen LogP) is 2.84. The maximum Gasteiger partial charge on any atom is 0.290 e. The number of anilines is 1. The van der Waals surface area contributed by atoms with Gasteiger partial charge in [0.15, 0.2) is 17.8 Å². The van der Waals surface area contributed by atoms with E-state index in [1.165, 1.54) is 19.1 Å². The summed E-state index contributed by atoms with van der Waals surface area (Å²) in [4.78, 5) is 21.5. The number of hydrogen-bond acceptors (Lipinski definition) is 4. The first kappa shape index (κ1) is 11.9. The molecule has 0 bridgehead atoms. The molecule has 1 aromatic heterocycles. The summed E-state index contributed by atoms with van der Waals surface area (Å²) in [6.45, 7) is 1.41. The second-order valence-electron chi connectivity index (χ2n) is 3.55. The van der Waals surface area contributed by atoms with Crippen LogP contribution in [-0.2, 0) is 4.79 Å². The Morgan fingerprint density at radius 3 is 2.72 bits per heavy atom. The van der Waals surface area contributed by atoms with Crippen LogP contribution in [0.15, 0.2) is 40.8 Å². The first-order chi connectivity index (χ1) is 8.69. The van der Waals surface area contributed by atoms with E-state index in [2.05, 4.69) is 5.32 Å². The van der Waals surface area contributed by atoms with Gasteiger partial charge in [-0.05, 0) is 18.2 Å². The Hall–Kier alpha value is -2.56. The van der Waals surface area contributed by atoms with Gasteiger partial charge in [-0.2, -0.15) is 0 Å². The Balaban J connectivity index is 2.22. The minimum absolute atomic E-state index is 0.182. The predicted molar refractivity (Wildman–Crippen MR) is 64.9 cm³/mol. The van der Waals surface area contributed by atoms with Gasteiger partial charge in [0.2, 0.25) is 5.91 Å². The SMILES string of the molecule is CC(=O)Nc1ccccc1Oc1ccc(C=O)o1. The van der Waals surface area contributed by atoms with E-state index in [9.17, 15) is 9.59 Å². The third kappa shape index (κ3) is 2.76. The lowest BCUT2D eigenvalue weighted by Crippen LogP contribution is -2.06. The van der Waals surface area contributed by atoms with Gasteiger partial charge in [0.05, 0.1) is 5.69 Å². The van der Waals surface area contributed by atoms with Gasteiger partial charge in [0.25, 0.3) is 5.95 Å². The van der Waals surface area contributed by atoms with Gasteiger partial charge in [-0.25, -0.2) is 0 Å². The summed E-state index contributed by atoms with van der Waals surface area (Å²) in [7, 11) is 0. The van der Waals surface area contributed by atoms with Gasteiger partial charge in [-0.15, -0.1) is 0 Å². The largest absolute Gasteiger partial charge is 0.424 e. The molecule has 0 unspecified atom stereocenters. The molecule has 0 aliphatic carbocycles. The summed E-state index contributed by atoms with van der Waals surface area (Å²) in [5, 5.41) is 2.64. The molecule has 2 rings (SSSR count). The monoisotopic (exact) mass is 245 g/mol. The lowest BCUT2D eigenvalue weighted by molar-refractivity contribution is -0.114. The topological polar surface area (TPSA) is 68.5 Å². The summed E-state index contributed by atoms with van der Waals surface area (Å²) in [6, 6.07) is 9.98. The summed E-state index contributed by atoms with van der Waals surface area (Å²) in [5.74, 6) is 0.621. The van der Waals surface area contributed by atoms with Crippen molar-refractivity contribution in [2.24, 2.45) is 0 Å². The third-order valence-electron chi connectivity index (χ3n) is 2.13. The quantitative estimate of drug-likeness (QED) is 0.841. The molecule has 0 aliphatic rings. The summed E-state index contributed by atoms with van der Waals surface area (Å²) in [6.07, 6.45) is 0.590. The number of para-hydroxylation sites is 2. The molecular weight excluding hydrogens is 234 g/mol. The third-order valence-corrected chi connectivity index (χ3v) is 2.13. The van der Waals surface area contributed by atoms with Crippen LogP contribution in [0.3, 0.4) is 0 Å². The van der Waals surface area contributed by atoms with Crippen molar-refractivity contribution in [3.05, 3.63) is 42.2 Å². The fourth-order valence-electron chi connectivity index (χ4n) is 1.41. The number of aldehydes is 1. The highest BCUT2D eigenvalue weighted by Gasteiger charge is 2.08. The van der Waals surface area contributed by atoms with E-state index in [1.807, 2.05) is 0 Å². The standard InChI is InChI=1S/C13H11NO4/c1-9(16)14-11-4-2-3-5-12(11)18-13-7-6-10(8-15)17-13/h2-8H,1H3,(H,14,16). The van der Waals surface area contributed by atoms with E-state index in [4.69, 9.17) is 9.15 Å². The number of benzene rings is 1. The molecule has 5 heteroatoms. The Morgan fingerprint density at radius 2 is 2.06 bits per heavy atom. The number of furan rings is 1. The maximum absolute atomic E-state index is 11.0. The van der Waals surface area contributed by atoms with E-state index in [0.717, 1.165) is 0 Å². The van der Waals surface area contributed by atoms with Crippen molar-refractivity contribution in [3.8, 4) is 11.7 Å². The van der Waals surface area contributed by atoms with Crippen molar-refractivity contribution in [3.63, 3.8) is 0 Å². The number of nitrogens with one attached hydrogen (secondary N) is 1. The molecule has 1 aromatic carbocycles. The van der Waals surface area contributed by atoms with Crippen LogP contribution in [0, 0.1) is 0 Å². The molecule has 18 heavy (non-hydrogen) atoms. The highest BCUT2D eigenvalue weighted by Crippen LogP contribution is 2.30. The smallest absolute Gasteiger partial charge is 0.290 e. The highest BCUT2D eigenvalue weighted by atomic mass is 16.6. The van der Waals surface area contributed by atoms with Gasteiger partial charge in [-0.1, -0.05) is 12.1 Å². The normalized spacial score (nSPS) is 9.83. The molecule has 0 saturated heterocycles. The molecule has 0 fully saturated rings. The number of hydrogen-bond donors (Lipinski definition) is 1. The van der Waals surface area contributed by atoms with E-state index in [1.54, 1.807) is 24.3 Å². The van der Waals surface area contributed by atoms with Gasteiger partial charge < -0.3 is 14.5 Å². The lowest BCUT2D eigenvalue weighted by Gasteiger charge is -2.08. The zero-order chi connectivity index (χ0) is 13.0. The molecule has 1 heterocycles. The first-order valence-corrected chi connectivity index (χ1v) is 5.28. The number of carbonyl (C=O) groups is 2. The second-order valence-corrected chi connectivity index (χ2v) is 3.55. The van der Waals surface area contributed by atoms with Gasteiger partial charge in [-0.3, -0.25) is 9.59 Å². The zero-order valence-electron chi connectivity index (χ0n) is 9.67. The zero-order valence-corrected chi connectivity index (χ0v) is 9.67. The fourth-order valence-corrected chi connectivity index (χ4v) is 1.41. The van der Waals surface area contributed by atoms with Crippen LogP contribution in [0.5, 0.6) is 11.7 Å². The molecule has 0 aliphatic heterocycles. The minimum Gasteiger partial charge on any atom is -0.424 e. The molecule has 1 N–H and O–H groups in total. The van der Waals surface area contributed by atoms with Crippen LogP contribution in [0.25, 0.3) is 0 Å². The van der Waals surface area contributed by atoms with Crippen molar-refractivity contribution >= 4 is 17.9 Å². The summed E-state index contributed by atoms with van der Waals surface area (Å²) < 4.78 is 10.5. The second kappa shape index (κ2) is 5.18. The molecular formula is C13H11NO4. The molecule has 1 amide bonds. The number of ether oxygens (including phenoxy) is 1. The van der Waals surface area contributed by atoms with Crippen molar-refractivity contribution in [1.82, 2.24) is 0 Å². The van der Waals surface area contributed by atoms with Crippen LogP contribution in [0.2, 0.25) is 0 Å². The van der Waals surface area contributed by atoms with Crippen LogP contribution in [0.1, 0.15) is 17.5 Å². The van der Waals surface area contributed by atoms with Crippen molar-refractivity contribution in [2.75, 3.05) is 5.32 Å². The minimum atomic E-state index is -0.195. The number of amides is 1. The lowest BCUT2D eigenvalue weighted by atomic mass is 10.3. The van der Waals surface area contributed by atoms with Crippen LogP contribution in [-0.4, -0.2) is 12.2 Å². The van der Waals surface area contributed by atoms with Gasteiger partial charge >= 0.3 is 0 Å². The van der Waals surface area contributed by atoms with E-state index in [0.29, 0.717) is 17.7 Å². The highest BCUT2D eigenvalue weighted by molar-refractivity contribution is 5.90. The molecule has 0 radical (unpaired) electrons.